The van der Waals surface area contributed by atoms with Gasteiger partial charge in [0.15, 0.2) is 0 Å². The lowest BCUT2D eigenvalue weighted by atomic mass is 10.1. The summed E-state index contributed by atoms with van der Waals surface area (Å²) in [5.41, 5.74) is 2.01. The van der Waals surface area contributed by atoms with E-state index in [1.807, 2.05) is 44.3 Å². The minimum Gasteiger partial charge on any atom is -0.349 e. The number of hydrogen-bond donors (Lipinski definition) is 1. The van der Waals surface area contributed by atoms with E-state index in [0.29, 0.717) is 0 Å². The lowest BCUT2D eigenvalue weighted by Crippen LogP contribution is -1.78. The highest BCUT2D eigenvalue weighted by atomic mass is 14.9. The average Bonchev–Trinajstić information content (AvgIpc) is 3.03. The molecule has 0 atom stereocenters. The molecule has 3 heteroatoms. The van der Waals surface area contributed by atoms with E-state index in [-0.39, 0.29) is 0 Å². The van der Waals surface area contributed by atoms with Crippen LogP contribution in [0.15, 0.2) is 36.7 Å². The first-order chi connectivity index (χ1) is 9.30. The number of H-pyrrole nitrogens is 1. The Hall–Kier alpha value is -2.08. The van der Waals surface area contributed by atoms with Crippen LogP contribution in [0.5, 0.6) is 0 Å². The second kappa shape index (κ2) is 11.0. The van der Waals surface area contributed by atoms with Crippen molar-refractivity contribution in [2.24, 2.45) is 0 Å². The standard InChI is InChI=1S/C9H9N.C5H8N2.C2H6/c1-2-8-3-5-9(7-10)6-4-8;1-2-5-6-3-4-7-5;1-2/h3-6H,2H2,1H3;3-4H,2H2,1H3,(H,6,7);1-2H3. The molecule has 0 aliphatic carbocycles. The van der Waals surface area contributed by atoms with Crippen molar-refractivity contribution in [3.05, 3.63) is 53.6 Å². The molecule has 1 aromatic carbocycles. The summed E-state index contributed by atoms with van der Waals surface area (Å²) in [6.45, 7) is 8.17. The van der Waals surface area contributed by atoms with E-state index in [0.717, 1.165) is 24.2 Å². The number of benzene rings is 1. The third-order valence-electron chi connectivity index (χ3n) is 2.38. The molecular formula is C16H23N3. The molecule has 0 aliphatic rings. The SMILES string of the molecule is CC.CCc1ccc(C#N)cc1.CCc1ncc[nH]1. The molecule has 1 heterocycles. The van der Waals surface area contributed by atoms with E-state index in [9.17, 15) is 0 Å². The summed E-state index contributed by atoms with van der Waals surface area (Å²) in [7, 11) is 0. The Labute approximate surface area is 116 Å². The van der Waals surface area contributed by atoms with Gasteiger partial charge in [-0.2, -0.15) is 5.26 Å². The third-order valence-corrected chi connectivity index (χ3v) is 2.38. The molecule has 0 aliphatic heterocycles. The smallest absolute Gasteiger partial charge is 0.105 e. The van der Waals surface area contributed by atoms with Crippen LogP contribution in [-0.2, 0) is 12.8 Å². The summed E-state index contributed by atoms with van der Waals surface area (Å²) in [4.78, 5) is 6.95. The Kier molecular flexibility index (Phi) is 9.83. The van der Waals surface area contributed by atoms with Crippen LogP contribution in [0.3, 0.4) is 0 Å². The van der Waals surface area contributed by atoms with Crippen molar-refractivity contribution in [1.82, 2.24) is 9.97 Å². The van der Waals surface area contributed by atoms with E-state index < -0.39 is 0 Å². The Morgan fingerprint density at radius 2 is 1.74 bits per heavy atom. The number of aryl methyl sites for hydroxylation is 2. The van der Waals surface area contributed by atoms with Crippen LogP contribution >= 0.6 is 0 Å². The van der Waals surface area contributed by atoms with Crippen LogP contribution in [0.25, 0.3) is 0 Å². The number of nitrogens with one attached hydrogen (secondary N) is 1. The van der Waals surface area contributed by atoms with Gasteiger partial charge in [0, 0.05) is 18.8 Å². The predicted octanol–water partition coefficient (Wildman–Crippen LogP) is 4.12. The fraction of sp³-hybridized carbons (Fsp3) is 0.375. The van der Waals surface area contributed by atoms with Gasteiger partial charge in [-0.3, -0.25) is 0 Å². The molecule has 0 radical (unpaired) electrons. The summed E-state index contributed by atoms with van der Waals surface area (Å²) in [6.07, 6.45) is 5.62. The zero-order chi connectivity index (χ0) is 14.5. The number of aromatic nitrogens is 2. The summed E-state index contributed by atoms with van der Waals surface area (Å²) in [6, 6.07) is 9.74. The Balaban J connectivity index is 0.000000316. The highest BCUT2D eigenvalue weighted by Gasteiger charge is 1.88. The van der Waals surface area contributed by atoms with Gasteiger partial charge in [-0.25, -0.2) is 4.98 Å². The molecule has 2 aromatic rings. The maximum absolute atomic E-state index is 8.45. The van der Waals surface area contributed by atoms with Gasteiger partial charge in [0.25, 0.3) is 0 Å². The minimum absolute atomic E-state index is 0.734. The topological polar surface area (TPSA) is 52.5 Å². The minimum atomic E-state index is 0.734. The quantitative estimate of drug-likeness (QED) is 0.879. The van der Waals surface area contributed by atoms with Crippen molar-refractivity contribution < 1.29 is 0 Å². The van der Waals surface area contributed by atoms with Gasteiger partial charge in [-0.15, -0.1) is 0 Å². The molecule has 1 aromatic heterocycles. The van der Waals surface area contributed by atoms with Crippen molar-refractivity contribution in [3.8, 4) is 6.07 Å². The second-order valence-corrected chi connectivity index (χ2v) is 3.55. The van der Waals surface area contributed by atoms with E-state index in [1.54, 1.807) is 6.20 Å². The maximum atomic E-state index is 8.45. The molecule has 0 saturated heterocycles. The predicted molar refractivity (Wildman–Crippen MR) is 79.8 cm³/mol. The number of imidazole rings is 1. The number of nitriles is 1. The van der Waals surface area contributed by atoms with Crippen molar-refractivity contribution >= 4 is 0 Å². The molecule has 1 N–H and O–H groups in total. The summed E-state index contributed by atoms with van der Waals surface area (Å²) in [5, 5.41) is 8.45. The van der Waals surface area contributed by atoms with Crippen LogP contribution in [-0.4, -0.2) is 9.97 Å². The second-order valence-electron chi connectivity index (χ2n) is 3.55. The van der Waals surface area contributed by atoms with Gasteiger partial charge < -0.3 is 4.98 Å². The molecular weight excluding hydrogens is 234 g/mol. The fourth-order valence-electron chi connectivity index (χ4n) is 1.31. The van der Waals surface area contributed by atoms with Gasteiger partial charge in [0.05, 0.1) is 11.6 Å². The molecule has 0 unspecified atom stereocenters. The lowest BCUT2D eigenvalue weighted by Gasteiger charge is -1.92. The molecule has 19 heavy (non-hydrogen) atoms. The van der Waals surface area contributed by atoms with Gasteiger partial charge >= 0.3 is 0 Å². The molecule has 0 bridgehead atoms. The highest BCUT2D eigenvalue weighted by Crippen LogP contribution is 2.02. The van der Waals surface area contributed by atoms with Crippen molar-refractivity contribution in [2.45, 2.75) is 40.5 Å². The largest absolute Gasteiger partial charge is 0.349 e. The summed E-state index contributed by atoms with van der Waals surface area (Å²) >= 11 is 0. The van der Waals surface area contributed by atoms with Crippen molar-refractivity contribution in [1.29, 1.82) is 5.26 Å². The first-order valence-corrected chi connectivity index (χ1v) is 6.77. The zero-order valence-corrected chi connectivity index (χ0v) is 12.3. The summed E-state index contributed by atoms with van der Waals surface area (Å²) < 4.78 is 0. The molecule has 0 saturated carbocycles. The van der Waals surface area contributed by atoms with Gasteiger partial charge in [-0.1, -0.05) is 39.8 Å². The third kappa shape index (κ3) is 7.05. The monoisotopic (exact) mass is 257 g/mol. The average molecular weight is 257 g/mol. The first-order valence-electron chi connectivity index (χ1n) is 6.77. The Morgan fingerprint density at radius 1 is 1.11 bits per heavy atom. The summed E-state index contributed by atoms with van der Waals surface area (Å²) in [5.74, 6) is 1.06. The van der Waals surface area contributed by atoms with Gasteiger partial charge in [0.1, 0.15) is 5.82 Å². The Morgan fingerprint density at radius 3 is 2.05 bits per heavy atom. The van der Waals surface area contributed by atoms with E-state index in [4.69, 9.17) is 5.26 Å². The fourth-order valence-corrected chi connectivity index (χ4v) is 1.31. The van der Waals surface area contributed by atoms with Crippen LogP contribution in [0, 0.1) is 11.3 Å². The van der Waals surface area contributed by atoms with Crippen LogP contribution in [0.4, 0.5) is 0 Å². The number of nitrogens with zero attached hydrogens (tertiary/aromatic N) is 2. The van der Waals surface area contributed by atoms with Crippen LogP contribution < -0.4 is 0 Å². The highest BCUT2D eigenvalue weighted by molar-refractivity contribution is 5.31. The van der Waals surface area contributed by atoms with Gasteiger partial charge in [0.2, 0.25) is 0 Å². The molecule has 0 spiro atoms. The van der Waals surface area contributed by atoms with Gasteiger partial charge in [-0.05, 0) is 24.1 Å². The number of aromatic amines is 1. The molecule has 102 valence electrons. The molecule has 2 rings (SSSR count). The number of rotatable bonds is 2. The zero-order valence-electron chi connectivity index (χ0n) is 12.3. The molecule has 0 fully saturated rings. The molecule has 3 nitrogen and oxygen atoms in total. The first kappa shape index (κ1) is 16.9. The van der Waals surface area contributed by atoms with Crippen LogP contribution in [0.1, 0.15) is 44.6 Å². The normalized spacial score (nSPS) is 8.37. The Bertz CT molecular complexity index is 450. The lowest BCUT2D eigenvalue weighted by molar-refractivity contribution is 0.990. The van der Waals surface area contributed by atoms with E-state index in [1.165, 1.54) is 5.56 Å². The van der Waals surface area contributed by atoms with E-state index in [2.05, 4.69) is 29.9 Å². The maximum Gasteiger partial charge on any atom is 0.105 e. The van der Waals surface area contributed by atoms with Crippen molar-refractivity contribution in [3.63, 3.8) is 0 Å². The molecule has 0 amide bonds. The van der Waals surface area contributed by atoms with E-state index >= 15 is 0 Å². The number of hydrogen-bond acceptors (Lipinski definition) is 2. The van der Waals surface area contributed by atoms with Crippen molar-refractivity contribution in [2.75, 3.05) is 0 Å². The van der Waals surface area contributed by atoms with Crippen LogP contribution in [0.2, 0.25) is 0 Å².